The molecule has 1 atom stereocenters. The molecule has 0 bridgehead atoms. The summed E-state index contributed by atoms with van der Waals surface area (Å²) in [5, 5.41) is 15.7. The highest BCUT2D eigenvalue weighted by Gasteiger charge is 2.46. The highest BCUT2D eigenvalue weighted by molar-refractivity contribution is 6.29. The number of allylic oxidation sites excluding steroid dienone is 4. The smallest absolute Gasteiger partial charge is 0.154 e. The molecular weight excluding hydrogens is 883 g/mol. The summed E-state index contributed by atoms with van der Waals surface area (Å²) in [6.07, 6.45) is 5.98. The molecule has 348 valence electrons. The van der Waals surface area contributed by atoms with Crippen molar-refractivity contribution in [2.24, 2.45) is 10.7 Å². The van der Waals surface area contributed by atoms with Crippen molar-refractivity contribution in [2.45, 2.75) is 12.3 Å². The number of hydrogen-bond acceptors (Lipinski definition) is 1. The van der Waals surface area contributed by atoms with Crippen molar-refractivity contribution >= 4 is 44.0 Å². The summed E-state index contributed by atoms with van der Waals surface area (Å²) in [4.78, 5) is 4.46. The molecule has 0 fully saturated rings. The lowest BCUT2D eigenvalue weighted by Crippen LogP contribution is -2.29. The van der Waals surface area contributed by atoms with Crippen LogP contribution in [0, 0.1) is 12.3 Å². The number of amidine groups is 2. The summed E-state index contributed by atoms with van der Waals surface area (Å²) >= 11 is 0. The van der Waals surface area contributed by atoms with Crippen molar-refractivity contribution in [1.82, 2.24) is 0 Å². The number of hydrogen-bond donors (Lipinski definition) is 2. The maximum atomic E-state index is 8.53. The number of benzene rings is 11. The van der Waals surface area contributed by atoms with Crippen LogP contribution in [0.4, 0.5) is 0 Å². The Morgan fingerprint density at radius 1 is 0.452 bits per heavy atom. The third-order valence-corrected chi connectivity index (χ3v) is 14.3. The molecule has 73 heavy (non-hydrogen) atoms. The summed E-state index contributed by atoms with van der Waals surface area (Å²) in [6.45, 7) is 10.6. The van der Waals surface area contributed by atoms with Crippen molar-refractivity contribution in [3.63, 3.8) is 0 Å². The van der Waals surface area contributed by atoms with Crippen LogP contribution in [0.3, 0.4) is 0 Å². The van der Waals surface area contributed by atoms with Crippen LogP contribution in [0.2, 0.25) is 0 Å². The fourth-order valence-electron chi connectivity index (χ4n) is 10.9. The first-order valence-corrected chi connectivity index (χ1v) is 24.7. The molecule has 3 heteroatoms. The second-order valence-electron chi connectivity index (χ2n) is 18.5. The number of nitrogens with two attached hydrogens (primary N) is 1. The van der Waals surface area contributed by atoms with E-state index < -0.39 is 5.41 Å². The molecule has 0 saturated carbocycles. The van der Waals surface area contributed by atoms with Gasteiger partial charge in [-0.1, -0.05) is 261 Å². The largest absolute Gasteiger partial charge is 0.383 e. The van der Waals surface area contributed by atoms with E-state index in [1.165, 1.54) is 82.4 Å². The maximum absolute atomic E-state index is 8.53. The fourth-order valence-corrected chi connectivity index (χ4v) is 10.9. The van der Waals surface area contributed by atoms with Crippen molar-refractivity contribution in [3.05, 3.63) is 313 Å². The molecule has 11 aromatic rings. The van der Waals surface area contributed by atoms with Crippen molar-refractivity contribution in [3.8, 4) is 44.5 Å². The van der Waals surface area contributed by atoms with Gasteiger partial charge in [0.2, 0.25) is 0 Å². The molecule has 12 rings (SSSR count). The van der Waals surface area contributed by atoms with Gasteiger partial charge in [0.05, 0.1) is 5.41 Å². The predicted octanol–water partition coefficient (Wildman–Crippen LogP) is 17.5. The molecule has 1 aliphatic rings. The van der Waals surface area contributed by atoms with Gasteiger partial charge in [-0.2, -0.15) is 0 Å². The van der Waals surface area contributed by atoms with Gasteiger partial charge in [-0.15, -0.1) is 0 Å². The van der Waals surface area contributed by atoms with E-state index >= 15 is 0 Å². The van der Waals surface area contributed by atoms with E-state index in [0.717, 1.165) is 33.4 Å². The van der Waals surface area contributed by atoms with E-state index in [0.29, 0.717) is 5.84 Å². The van der Waals surface area contributed by atoms with Crippen LogP contribution in [-0.2, 0) is 5.41 Å². The van der Waals surface area contributed by atoms with Crippen LogP contribution in [0.15, 0.2) is 285 Å². The number of nitrogens with one attached hydrogen (secondary N) is 1. The molecule has 1 aliphatic carbocycles. The fraction of sp³-hybridized carbons (Fsp3) is 0.0286. The molecule has 0 heterocycles. The number of fused-ring (bicyclic) bond motifs is 9. The minimum atomic E-state index is -0.585. The lowest BCUT2D eigenvalue weighted by Gasteiger charge is -2.35. The Kier molecular flexibility index (Phi) is 12.4. The molecule has 3 nitrogen and oxygen atoms in total. The van der Waals surface area contributed by atoms with Gasteiger partial charge in [0, 0.05) is 11.1 Å². The Morgan fingerprint density at radius 2 is 0.986 bits per heavy atom. The molecule has 11 aromatic carbocycles. The van der Waals surface area contributed by atoms with Crippen molar-refractivity contribution in [2.75, 3.05) is 0 Å². The average molecular weight is 936 g/mol. The Hall–Kier alpha value is -9.44. The zero-order chi connectivity index (χ0) is 49.9. The Balaban J connectivity index is 0.000000383. The van der Waals surface area contributed by atoms with Gasteiger partial charge >= 0.3 is 0 Å². The Morgan fingerprint density at radius 3 is 1.73 bits per heavy atom. The predicted molar refractivity (Wildman–Crippen MR) is 311 cm³/mol. The molecule has 0 spiro atoms. The van der Waals surface area contributed by atoms with Crippen LogP contribution in [-0.4, -0.2) is 11.7 Å². The minimum absolute atomic E-state index is 0.131. The zero-order valence-corrected chi connectivity index (χ0v) is 40.8. The van der Waals surface area contributed by atoms with Crippen molar-refractivity contribution < 1.29 is 0 Å². The SMILES string of the molecule is C=C/C=C(\C=C)C1(c2ccccc2)c2ccccc2-c2ccc(-c3cccc4c5ccccc5c5cc(-c6cccc(C(N)=NC(=N)c7ccccc7)c6)ccc5c34)cc21.Cc1ccc(-c2ccccc2)cc1. The highest BCUT2D eigenvalue weighted by atomic mass is 14.9. The summed E-state index contributed by atoms with van der Waals surface area (Å²) in [6, 6.07) is 85.5. The van der Waals surface area contributed by atoms with E-state index in [9.17, 15) is 0 Å². The number of aliphatic imine (C=N–C) groups is 1. The van der Waals surface area contributed by atoms with Crippen LogP contribution in [0.25, 0.3) is 76.8 Å². The lowest BCUT2D eigenvalue weighted by atomic mass is 9.66. The minimum Gasteiger partial charge on any atom is -0.383 e. The highest BCUT2D eigenvalue weighted by Crippen LogP contribution is 2.57. The van der Waals surface area contributed by atoms with Gasteiger partial charge in [-0.05, 0) is 124 Å². The summed E-state index contributed by atoms with van der Waals surface area (Å²) in [7, 11) is 0. The summed E-state index contributed by atoms with van der Waals surface area (Å²) < 4.78 is 0. The van der Waals surface area contributed by atoms with E-state index in [2.05, 4.69) is 225 Å². The third kappa shape index (κ3) is 8.37. The van der Waals surface area contributed by atoms with E-state index in [1.54, 1.807) is 0 Å². The van der Waals surface area contributed by atoms with Gasteiger partial charge in [0.25, 0.3) is 0 Å². The monoisotopic (exact) mass is 935 g/mol. The van der Waals surface area contributed by atoms with Crippen LogP contribution in [0.5, 0.6) is 0 Å². The molecule has 0 aliphatic heterocycles. The van der Waals surface area contributed by atoms with E-state index in [4.69, 9.17) is 11.1 Å². The van der Waals surface area contributed by atoms with Gasteiger partial charge < -0.3 is 5.73 Å². The molecule has 0 saturated heterocycles. The van der Waals surface area contributed by atoms with E-state index in [1.807, 2.05) is 60.7 Å². The number of aryl methyl sites for hydroxylation is 1. The molecule has 0 radical (unpaired) electrons. The van der Waals surface area contributed by atoms with Crippen LogP contribution >= 0.6 is 0 Å². The quantitative estimate of drug-likeness (QED) is 0.0644. The number of nitrogens with zero attached hydrogens (tertiary/aromatic N) is 1. The molecule has 0 amide bonds. The van der Waals surface area contributed by atoms with Crippen LogP contribution in [0.1, 0.15) is 33.4 Å². The zero-order valence-electron chi connectivity index (χ0n) is 40.8. The van der Waals surface area contributed by atoms with E-state index in [-0.39, 0.29) is 5.84 Å². The lowest BCUT2D eigenvalue weighted by molar-refractivity contribution is 0.768. The Bertz CT molecular complexity index is 3960. The molecular formula is C70H53N3. The average Bonchev–Trinajstić information content (AvgIpc) is 3.75. The Labute approximate surface area is 427 Å². The number of rotatable bonds is 9. The first kappa shape index (κ1) is 46.0. The van der Waals surface area contributed by atoms with Crippen molar-refractivity contribution in [1.29, 1.82) is 5.41 Å². The third-order valence-electron chi connectivity index (χ3n) is 14.3. The topological polar surface area (TPSA) is 62.2 Å². The first-order chi connectivity index (χ1) is 35.9. The molecule has 1 unspecified atom stereocenters. The van der Waals surface area contributed by atoms with Gasteiger partial charge in [0.15, 0.2) is 5.84 Å². The van der Waals surface area contributed by atoms with Gasteiger partial charge in [-0.3, -0.25) is 5.41 Å². The summed E-state index contributed by atoms with van der Waals surface area (Å²) in [5.41, 5.74) is 22.9. The second kappa shape index (κ2) is 19.8. The molecule has 3 N–H and O–H groups in total. The maximum Gasteiger partial charge on any atom is 0.154 e. The normalized spacial score (nSPS) is 14.0. The summed E-state index contributed by atoms with van der Waals surface area (Å²) in [5.74, 6) is 0.438. The van der Waals surface area contributed by atoms with Gasteiger partial charge in [-0.25, -0.2) is 4.99 Å². The van der Waals surface area contributed by atoms with Crippen LogP contribution < -0.4 is 5.73 Å². The standard InChI is InChI=1S/C57H41N3.C13H12/c1-3-17-42(4-2)57(43-22-9-6-10-23-43)52-29-14-13-26-47(52)48-32-31-40(36-53(48)57)44-27-16-28-49-45-24-11-12-25-46(45)51-35-39(30-33-50(51)54(44)49)38-20-15-21-41(34-38)56(59)60-55(58)37-18-7-5-8-19-37;1-11-7-9-13(10-8-11)12-5-3-2-4-6-12/h3-36H,1-2H2,(H3,58,59,60);2-10H,1H3/b42-17+;. The molecule has 0 aromatic heterocycles. The van der Waals surface area contributed by atoms with Gasteiger partial charge in [0.1, 0.15) is 5.84 Å². The second-order valence-corrected chi connectivity index (χ2v) is 18.5. The first-order valence-electron chi connectivity index (χ1n) is 24.7.